The smallest absolute Gasteiger partial charge is 0.321 e. The molecule has 1 unspecified atom stereocenters. The second kappa shape index (κ2) is 6.97. The molecular formula is C12H20N4O2. The summed E-state index contributed by atoms with van der Waals surface area (Å²) in [7, 11) is 0. The van der Waals surface area contributed by atoms with E-state index in [-0.39, 0.29) is 17.9 Å². The van der Waals surface area contributed by atoms with E-state index >= 15 is 0 Å². The molecule has 0 aromatic carbocycles. The first kappa shape index (κ1) is 14.5. The zero-order chi connectivity index (χ0) is 13.5. The predicted molar refractivity (Wildman–Crippen MR) is 66.6 cm³/mol. The van der Waals surface area contributed by atoms with E-state index in [9.17, 15) is 9.59 Å². The molecule has 1 atom stereocenters. The highest BCUT2D eigenvalue weighted by atomic mass is 16.2. The van der Waals surface area contributed by atoms with Gasteiger partial charge in [-0.15, -0.1) is 0 Å². The molecule has 0 spiro atoms. The van der Waals surface area contributed by atoms with Crippen molar-refractivity contribution < 1.29 is 9.59 Å². The average Bonchev–Trinajstić information content (AvgIpc) is 2.38. The fourth-order valence-electron chi connectivity index (χ4n) is 2.00. The summed E-state index contributed by atoms with van der Waals surface area (Å²) >= 11 is 0. The Labute approximate surface area is 107 Å². The highest BCUT2D eigenvalue weighted by molar-refractivity contribution is 5.96. The van der Waals surface area contributed by atoms with Gasteiger partial charge in [0.1, 0.15) is 0 Å². The van der Waals surface area contributed by atoms with Crippen LogP contribution in [0.25, 0.3) is 0 Å². The van der Waals surface area contributed by atoms with Crippen LogP contribution in [0.2, 0.25) is 0 Å². The Hall–Kier alpha value is -1.61. The van der Waals surface area contributed by atoms with Gasteiger partial charge in [-0.3, -0.25) is 15.0 Å². The van der Waals surface area contributed by atoms with Crippen LogP contribution in [0.4, 0.5) is 4.79 Å². The van der Waals surface area contributed by atoms with E-state index in [1.54, 1.807) is 13.8 Å². The number of nitriles is 1. The van der Waals surface area contributed by atoms with Gasteiger partial charge in [0.15, 0.2) is 0 Å². The quantitative estimate of drug-likeness (QED) is 0.764. The maximum absolute atomic E-state index is 11.8. The third-order valence-electron chi connectivity index (χ3n) is 3.21. The molecule has 0 radical (unpaired) electrons. The van der Waals surface area contributed by atoms with Gasteiger partial charge < -0.3 is 5.32 Å². The normalized spacial score (nSPS) is 18.7. The molecule has 100 valence electrons. The molecule has 3 amide bonds. The number of hydrogen-bond acceptors (Lipinski definition) is 4. The molecule has 0 aliphatic carbocycles. The summed E-state index contributed by atoms with van der Waals surface area (Å²) in [4.78, 5) is 25.0. The largest absolute Gasteiger partial charge is 0.338 e. The number of carbonyl (C=O) groups is 2. The van der Waals surface area contributed by atoms with Gasteiger partial charge in [0.05, 0.1) is 12.1 Å². The molecule has 0 aromatic heterocycles. The predicted octanol–water partition coefficient (Wildman–Crippen LogP) is 0.456. The topological polar surface area (TPSA) is 85.2 Å². The molecule has 1 rings (SSSR count). The molecule has 1 heterocycles. The van der Waals surface area contributed by atoms with Crippen molar-refractivity contribution in [3.63, 3.8) is 0 Å². The minimum Gasteiger partial charge on any atom is -0.338 e. The van der Waals surface area contributed by atoms with Crippen LogP contribution in [0.1, 0.15) is 26.7 Å². The van der Waals surface area contributed by atoms with Gasteiger partial charge >= 0.3 is 6.03 Å². The Balaban J connectivity index is 2.40. The Morgan fingerprint density at radius 1 is 1.44 bits per heavy atom. The van der Waals surface area contributed by atoms with Crippen molar-refractivity contribution >= 4 is 11.9 Å². The Morgan fingerprint density at radius 3 is 2.56 bits per heavy atom. The van der Waals surface area contributed by atoms with Crippen molar-refractivity contribution in [3.8, 4) is 6.07 Å². The maximum Gasteiger partial charge on any atom is 0.321 e. The van der Waals surface area contributed by atoms with Crippen molar-refractivity contribution in [1.82, 2.24) is 15.5 Å². The number of amides is 3. The lowest BCUT2D eigenvalue weighted by Gasteiger charge is -2.32. The summed E-state index contributed by atoms with van der Waals surface area (Å²) in [5.41, 5.74) is 0. The molecule has 0 saturated carbocycles. The number of rotatable bonds is 3. The highest BCUT2D eigenvalue weighted by Crippen LogP contribution is 2.17. The van der Waals surface area contributed by atoms with Crippen LogP contribution in [0.3, 0.4) is 0 Å². The van der Waals surface area contributed by atoms with Gasteiger partial charge in [-0.1, -0.05) is 0 Å². The van der Waals surface area contributed by atoms with Crippen LogP contribution in [-0.2, 0) is 4.79 Å². The third-order valence-corrected chi connectivity index (χ3v) is 3.21. The highest BCUT2D eigenvalue weighted by Gasteiger charge is 2.27. The van der Waals surface area contributed by atoms with E-state index in [2.05, 4.69) is 16.7 Å². The number of piperidine rings is 1. The van der Waals surface area contributed by atoms with Gasteiger partial charge in [-0.05, 0) is 26.7 Å². The van der Waals surface area contributed by atoms with E-state index in [1.807, 2.05) is 4.90 Å². The van der Waals surface area contributed by atoms with Gasteiger partial charge in [-0.25, -0.2) is 4.79 Å². The first-order valence-corrected chi connectivity index (χ1v) is 6.30. The number of nitrogens with one attached hydrogen (secondary N) is 2. The minimum absolute atomic E-state index is 0.0971. The molecule has 6 nitrogen and oxygen atoms in total. The summed E-state index contributed by atoms with van der Waals surface area (Å²) in [5, 5.41) is 13.6. The Bertz CT molecular complexity index is 342. The van der Waals surface area contributed by atoms with Crippen molar-refractivity contribution in [2.45, 2.75) is 32.7 Å². The van der Waals surface area contributed by atoms with Crippen LogP contribution in [0.5, 0.6) is 0 Å². The molecule has 18 heavy (non-hydrogen) atoms. The summed E-state index contributed by atoms with van der Waals surface area (Å²) in [6.07, 6.45) is 1.57. The van der Waals surface area contributed by atoms with Crippen molar-refractivity contribution in [2.75, 3.05) is 19.6 Å². The second-order valence-electron chi connectivity index (χ2n) is 4.46. The minimum atomic E-state index is -0.457. The molecular weight excluding hydrogens is 232 g/mol. The maximum atomic E-state index is 11.8. The average molecular weight is 252 g/mol. The van der Waals surface area contributed by atoms with Crippen LogP contribution in [0.15, 0.2) is 0 Å². The summed E-state index contributed by atoms with van der Waals surface area (Å²) in [6, 6.07) is 1.45. The van der Waals surface area contributed by atoms with Gasteiger partial charge in [-0.2, -0.15) is 5.26 Å². The van der Waals surface area contributed by atoms with E-state index in [0.29, 0.717) is 6.54 Å². The first-order chi connectivity index (χ1) is 8.58. The van der Waals surface area contributed by atoms with E-state index in [4.69, 9.17) is 5.26 Å². The van der Waals surface area contributed by atoms with E-state index < -0.39 is 6.03 Å². The van der Waals surface area contributed by atoms with Gasteiger partial charge in [0.25, 0.3) is 0 Å². The fraction of sp³-hybridized carbons (Fsp3) is 0.750. The summed E-state index contributed by atoms with van der Waals surface area (Å²) in [6.45, 7) is 5.51. The molecule has 1 aliphatic heterocycles. The molecule has 2 N–H and O–H groups in total. The van der Waals surface area contributed by atoms with Crippen LogP contribution in [-0.4, -0.2) is 42.5 Å². The standard InChI is InChI=1S/C12H20N4O2/c1-3-14-12(18)15-11(17)9(2)16-6-4-10(8-13)5-7-16/h9-10H,3-7H2,1-2H3,(H2,14,15,17,18). The number of urea groups is 1. The summed E-state index contributed by atoms with van der Waals surface area (Å²) < 4.78 is 0. The third kappa shape index (κ3) is 4.00. The molecule has 0 bridgehead atoms. The van der Waals surface area contributed by atoms with Crippen molar-refractivity contribution in [3.05, 3.63) is 0 Å². The van der Waals surface area contributed by atoms with Crippen LogP contribution in [0, 0.1) is 17.2 Å². The first-order valence-electron chi connectivity index (χ1n) is 6.30. The number of hydrogen-bond donors (Lipinski definition) is 2. The Kier molecular flexibility index (Phi) is 5.59. The number of likely N-dealkylation sites (tertiary alicyclic amines) is 1. The number of imide groups is 1. The molecule has 0 aromatic rings. The SMILES string of the molecule is CCNC(=O)NC(=O)C(C)N1CCC(C#N)CC1. The monoisotopic (exact) mass is 252 g/mol. The van der Waals surface area contributed by atoms with E-state index in [0.717, 1.165) is 25.9 Å². The van der Waals surface area contributed by atoms with Gasteiger partial charge in [0, 0.05) is 25.6 Å². The lowest BCUT2D eigenvalue weighted by molar-refractivity contribution is -0.125. The van der Waals surface area contributed by atoms with E-state index in [1.165, 1.54) is 0 Å². The van der Waals surface area contributed by atoms with Crippen molar-refractivity contribution in [2.24, 2.45) is 5.92 Å². The van der Waals surface area contributed by atoms with Crippen LogP contribution < -0.4 is 10.6 Å². The summed E-state index contributed by atoms with van der Waals surface area (Å²) in [5.74, 6) is -0.198. The molecule has 1 fully saturated rings. The zero-order valence-corrected chi connectivity index (χ0v) is 10.9. The number of carbonyl (C=O) groups excluding carboxylic acids is 2. The Morgan fingerprint density at radius 2 is 2.06 bits per heavy atom. The van der Waals surface area contributed by atoms with Crippen molar-refractivity contribution in [1.29, 1.82) is 5.26 Å². The van der Waals surface area contributed by atoms with Crippen LogP contribution >= 0.6 is 0 Å². The molecule has 1 saturated heterocycles. The fourth-order valence-corrected chi connectivity index (χ4v) is 2.00. The number of nitrogens with zero attached hydrogens (tertiary/aromatic N) is 2. The lowest BCUT2D eigenvalue weighted by atomic mass is 9.97. The van der Waals surface area contributed by atoms with Gasteiger partial charge in [0.2, 0.25) is 5.91 Å². The lowest BCUT2D eigenvalue weighted by Crippen LogP contribution is -2.51. The second-order valence-corrected chi connectivity index (χ2v) is 4.46. The molecule has 1 aliphatic rings. The molecule has 6 heteroatoms. The zero-order valence-electron chi connectivity index (χ0n) is 10.9.